The van der Waals surface area contributed by atoms with E-state index in [4.69, 9.17) is 22.3 Å². The summed E-state index contributed by atoms with van der Waals surface area (Å²) in [5.74, 6) is 0.398. The van der Waals surface area contributed by atoms with Gasteiger partial charge >= 0.3 is 0 Å². The van der Waals surface area contributed by atoms with E-state index in [0.29, 0.717) is 44.8 Å². The lowest BCUT2D eigenvalue weighted by Crippen LogP contribution is -2.13. The van der Waals surface area contributed by atoms with Crippen molar-refractivity contribution < 1.29 is 17.4 Å². The standard InChI is InChI=1S/C56H57N3O/c1-35-20-22-37(23-21-35)39-26-27-57-48(33-39)41-30-40(31-43(32-41)55(6,7)8)44-18-15-19-50-51(44)58-53(46-28-36(2)29-47(52(46)60)56(9,10)11)59(50)49-25-24-42(54(3,4)5)34-45(49)38-16-13-12-14-17-38/h12-34,60H,1-11H3/i3D3,4D3,5D3. The molecule has 0 atom stereocenters. The van der Waals surface area contributed by atoms with Crippen molar-refractivity contribution in [1.82, 2.24) is 14.5 Å². The van der Waals surface area contributed by atoms with Crippen molar-refractivity contribution in [3.05, 3.63) is 167 Å². The smallest absolute Gasteiger partial charge is 0.149 e. The normalized spacial score (nSPS) is 15.2. The molecular weight excluding hydrogens is 731 g/mol. The first-order valence-electron chi connectivity index (χ1n) is 24.9. The molecule has 2 aromatic heterocycles. The van der Waals surface area contributed by atoms with Gasteiger partial charge in [0, 0.05) is 40.8 Å². The highest BCUT2D eigenvalue weighted by atomic mass is 16.3. The Morgan fingerprint density at radius 1 is 0.533 bits per heavy atom. The first kappa shape index (κ1) is 30.7. The highest BCUT2D eigenvalue weighted by Crippen LogP contribution is 2.45. The lowest BCUT2D eigenvalue weighted by Gasteiger charge is -2.24. The number of para-hydroxylation sites is 1. The predicted octanol–water partition coefficient (Wildman–Crippen LogP) is 15.0. The van der Waals surface area contributed by atoms with Crippen LogP contribution in [0.1, 0.15) is 102 Å². The topological polar surface area (TPSA) is 50.9 Å². The number of hydrogen-bond acceptors (Lipinski definition) is 3. The van der Waals surface area contributed by atoms with Crippen LogP contribution in [0.4, 0.5) is 0 Å². The molecule has 0 unspecified atom stereocenters. The van der Waals surface area contributed by atoms with Gasteiger partial charge in [0.1, 0.15) is 11.6 Å². The van der Waals surface area contributed by atoms with E-state index in [2.05, 4.69) is 76.2 Å². The summed E-state index contributed by atoms with van der Waals surface area (Å²) in [5, 5.41) is 12.3. The van der Waals surface area contributed by atoms with Gasteiger partial charge in [-0.2, -0.15) is 0 Å². The van der Waals surface area contributed by atoms with Crippen molar-refractivity contribution in [1.29, 1.82) is 0 Å². The summed E-state index contributed by atoms with van der Waals surface area (Å²) in [6.07, 6.45) is 1.83. The van der Waals surface area contributed by atoms with Crippen molar-refractivity contribution in [3.63, 3.8) is 0 Å². The Bertz CT molecular complexity index is 3190. The highest BCUT2D eigenvalue weighted by molar-refractivity contribution is 5.98. The number of pyridine rings is 1. The average molecular weight is 797 g/mol. The van der Waals surface area contributed by atoms with Crippen LogP contribution in [0.3, 0.4) is 0 Å². The van der Waals surface area contributed by atoms with E-state index in [1.807, 2.05) is 80.9 Å². The fraction of sp³-hybridized carbons (Fsp3) is 0.250. The molecule has 8 aromatic rings. The largest absolute Gasteiger partial charge is 0.507 e. The number of rotatable bonds is 6. The van der Waals surface area contributed by atoms with Crippen LogP contribution in [-0.2, 0) is 16.2 Å². The van der Waals surface area contributed by atoms with Crippen molar-refractivity contribution in [2.24, 2.45) is 0 Å². The molecule has 0 aliphatic heterocycles. The highest BCUT2D eigenvalue weighted by Gasteiger charge is 2.28. The minimum Gasteiger partial charge on any atom is -0.507 e. The van der Waals surface area contributed by atoms with Crippen molar-refractivity contribution in [3.8, 4) is 67.5 Å². The third kappa shape index (κ3) is 7.79. The van der Waals surface area contributed by atoms with E-state index in [1.54, 1.807) is 30.3 Å². The Labute approximate surface area is 369 Å². The summed E-state index contributed by atoms with van der Waals surface area (Å²) in [7, 11) is 0. The summed E-state index contributed by atoms with van der Waals surface area (Å²) in [6, 6.07) is 42.0. The number of hydrogen-bond donors (Lipinski definition) is 1. The molecule has 60 heavy (non-hydrogen) atoms. The predicted molar refractivity (Wildman–Crippen MR) is 253 cm³/mol. The summed E-state index contributed by atoms with van der Waals surface area (Å²) >= 11 is 0. The molecule has 0 spiro atoms. The number of aryl methyl sites for hydroxylation is 2. The maximum absolute atomic E-state index is 12.3. The molecule has 6 aromatic carbocycles. The summed E-state index contributed by atoms with van der Waals surface area (Å²) < 4.78 is 79.1. The number of benzene rings is 6. The molecule has 0 saturated carbocycles. The zero-order chi connectivity index (χ0) is 50.2. The molecule has 0 saturated heterocycles. The number of phenols is 1. The zero-order valence-corrected chi connectivity index (χ0v) is 35.6. The van der Waals surface area contributed by atoms with Gasteiger partial charge in [-0.3, -0.25) is 9.55 Å². The molecule has 0 amide bonds. The second-order valence-electron chi connectivity index (χ2n) is 18.1. The fourth-order valence-electron chi connectivity index (χ4n) is 7.97. The second-order valence-corrected chi connectivity index (χ2v) is 18.1. The van der Waals surface area contributed by atoms with Gasteiger partial charge in [0.2, 0.25) is 0 Å². The minimum absolute atomic E-state index is 0.0341. The van der Waals surface area contributed by atoms with Crippen LogP contribution in [0.2, 0.25) is 0 Å². The number of fused-ring (bicyclic) bond motifs is 1. The molecule has 0 fully saturated rings. The van der Waals surface area contributed by atoms with Crippen LogP contribution in [0.5, 0.6) is 5.75 Å². The van der Waals surface area contributed by atoms with Crippen LogP contribution in [0.15, 0.2) is 140 Å². The van der Waals surface area contributed by atoms with Crippen molar-refractivity contribution in [2.75, 3.05) is 0 Å². The van der Waals surface area contributed by atoms with Gasteiger partial charge in [-0.05, 0) is 118 Å². The molecule has 302 valence electrons. The van der Waals surface area contributed by atoms with Gasteiger partial charge in [0.25, 0.3) is 0 Å². The van der Waals surface area contributed by atoms with Gasteiger partial charge in [-0.25, -0.2) is 4.98 Å². The fourth-order valence-corrected chi connectivity index (χ4v) is 7.97. The summed E-state index contributed by atoms with van der Waals surface area (Å²) in [6.45, 7) is 6.17. The third-order valence-electron chi connectivity index (χ3n) is 11.3. The molecule has 1 N–H and O–H groups in total. The summed E-state index contributed by atoms with van der Waals surface area (Å²) in [5.41, 5.74) is 8.01. The molecule has 0 bridgehead atoms. The number of aromatic hydroxyl groups is 1. The van der Waals surface area contributed by atoms with Crippen LogP contribution >= 0.6 is 0 Å². The van der Waals surface area contributed by atoms with Crippen LogP contribution < -0.4 is 0 Å². The molecule has 0 aliphatic carbocycles. The molecular formula is C56H57N3O. The van der Waals surface area contributed by atoms with Gasteiger partial charge in [0.05, 0.1) is 28.0 Å². The van der Waals surface area contributed by atoms with E-state index in [1.165, 1.54) is 17.7 Å². The molecule has 8 rings (SSSR count). The average Bonchev–Trinajstić information content (AvgIpc) is 3.65. The Kier molecular flexibility index (Phi) is 7.73. The molecule has 4 heteroatoms. The van der Waals surface area contributed by atoms with Crippen LogP contribution in [0, 0.1) is 13.8 Å². The number of nitrogens with zero attached hydrogens (tertiary/aromatic N) is 3. The van der Waals surface area contributed by atoms with E-state index >= 15 is 0 Å². The van der Waals surface area contributed by atoms with E-state index in [9.17, 15) is 5.11 Å². The Morgan fingerprint density at radius 3 is 1.97 bits per heavy atom. The van der Waals surface area contributed by atoms with Crippen molar-refractivity contribution in [2.45, 2.75) is 92.2 Å². The van der Waals surface area contributed by atoms with Gasteiger partial charge in [0.15, 0.2) is 0 Å². The number of phenolic OH excluding ortho intramolecular Hbond substituents is 1. The minimum atomic E-state index is -3.48. The number of aromatic nitrogens is 3. The van der Waals surface area contributed by atoms with E-state index in [-0.39, 0.29) is 16.7 Å². The Morgan fingerprint density at radius 2 is 1.27 bits per heavy atom. The number of imidazole rings is 1. The molecule has 0 radical (unpaired) electrons. The van der Waals surface area contributed by atoms with E-state index < -0.39 is 31.4 Å². The first-order chi connectivity index (χ1) is 32.1. The summed E-state index contributed by atoms with van der Waals surface area (Å²) in [4.78, 5) is 10.3. The molecule has 0 aliphatic rings. The zero-order valence-electron chi connectivity index (χ0n) is 44.6. The SMILES string of the molecule is [2H]C([2H])([2H])C(c1ccc(-n2c(-c3cc(C)cc(C(C)(C)C)c3O)nc3c(-c4cc(-c5cc(-c6ccc(C)cc6)ccn5)cc(C(C)(C)C)c4)cccc32)c(-c2ccccc2)c1)(C([2H])([2H])[2H])C([2H])([2H])[2H]. The van der Waals surface area contributed by atoms with Gasteiger partial charge in [-0.15, -0.1) is 0 Å². The maximum Gasteiger partial charge on any atom is 0.149 e. The lowest BCUT2D eigenvalue weighted by atomic mass is 9.83. The van der Waals surface area contributed by atoms with Gasteiger partial charge < -0.3 is 5.11 Å². The van der Waals surface area contributed by atoms with Crippen LogP contribution in [-0.4, -0.2) is 19.6 Å². The van der Waals surface area contributed by atoms with Crippen molar-refractivity contribution >= 4 is 11.0 Å². The lowest BCUT2D eigenvalue weighted by molar-refractivity contribution is 0.448. The monoisotopic (exact) mass is 797 g/mol. The molecule has 4 nitrogen and oxygen atoms in total. The third-order valence-corrected chi connectivity index (χ3v) is 11.3. The second kappa shape index (κ2) is 15.1. The van der Waals surface area contributed by atoms with Gasteiger partial charge in [-0.1, -0.05) is 153 Å². The molecule has 2 heterocycles. The van der Waals surface area contributed by atoms with E-state index in [0.717, 1.165) is 44.6 Å². The Balaban J connectivity index is 1.48. The quantitative estimate of drug-likeness (QED) is 0.182. The maximum atomic E-state index is 12.3. The van der Waals surface area contributed by atoms with Crippen LogP contribution in [0.25, 0.3) is 72.7 Å². The first-order valence-corrected chi connectivity index (χ1v) is 20.4. The Hall–Kier alpha value is -6.26.